The molecule has 2 aromatic rings. The highest BCUT2D eigenvalue weighted by molar-refractivity contribution is 7.80. The van der Waals surface area contributed by atoms with Gasteiger partial charge in [-0.3, -0.25) is 19.8 Å². The molecule has 7 nitrogen and oxygen atoms in total. The number of nitrogens with zero attached hydrogens (tertiary/aromatic N) is 1. The summed E-state index contributed by atoms with van der Waals surface area (Å²) in [6.45, 7) is 3.91. The van der Waals surface area contributed by atoms with Gasteiger partial charge in [0, 0.05) is 11.6 Å². The van der Waals surface area contributed by atoms with Crippen molar-refractivity contribution in [1.82, 2.24) is 5.32 Å². The first kappa shape index (κ1) is 18.9. The van der Waals surface area contributed by atoms with Crippen molar-refractivity contribution < 1.29 is 23.8 Å². The van der Waals surface area contributed by atoms with Gasteiger partial charge in [-0.1, -0.05) is 12.1 Å². The number of thiocarbonyl (C=S) groups is 1. The zero-order valence-electron chi connectivity index (χ0n) is 16.1. The lowest BCUT2D eigenvalue weighted by Gasteiger charge is -2.30. The fourth-order valence-electron chi connectivity index (χ4n) is 3.22. The lowest BCUT2D eigenvalue weighted by Crippen LogP contribution is -2.54. The molecule has 1 saturated heterocycles. The molecule has 2 aromatic carbocycles. The summed E-state index contributed by atoms with van der Waals surface area (Å²) in [7, 11) is 1.50. The smallest absolute Gasteiger partial charge is 0.270 e. The molecule has 1 fully saturated rings. The van der Waals surface area contributed by atoms with Crippen molar-refractivity contribution in [3.63, 3.8) is 0 Å². The molecule has 0 aliphatic carbocycles. The van der Waals surface area contributed by atoms with Crippen LogP contribution in [-0.4, -0.2) is 30.8 Å². The molecule has 2 amide bonds. The summed E-state index contributed by atoms with van der Waals surface area (Å²) in [6.07, 6.45) is 1.47. The fraction of sp³-hybridized carbons (Fsp3) is 0.190. The van der Waals surface area contributed by atoms with Crippen LogP contribution >= 0.6 is 12.2 Å². The minimum atomic E-state index is -0.568. The molecule has 0 aromatic heterocycles. The summed E-state index contributed by atoms with van der Waals surface area (Å²) in [5.41, 5.74) is 2.92. The molecule has 0 unspecified atom stereocenters. The number of amides is 2. The monoisotopic (exact) mass is 410 g/mol. The number of hydrogen-bond donors (Lipinski definition) is 1. The van der Waals surface area contributed by atoms with Gasteiger partial charge in [-0.2, -0.15) is 0 Å². The summed E-state index contributed by atoms with van der Waals surface area (Å²) in [5, 5.41) is 2.64. The molecule has 0 atom stereocenters. The second kappa shape index (κ2) is 7.21. The number of carbonyl (C=O) groups is 2. The molecule has 1 N–H and O–H groups in total. The molecule has 2 heterocycles. The van der Waals surface area contributed by atoms with Crippen LogP contribution in [0.15, 0.2) is 35.9 Å². The van der Waals surface area contributed by atoms with Crippen LogP contribution in [0.3, 0.4) is 0 Å². The molecule has 0 bridgehead atoms. The van der Waals surface area contributed by atoms with Gasteiger partial charge in [0.05, 0.1) is 12.8 Å². The summed E-state index contributed by atoms with van der Waals surface area (Å²) in [5.74, 6) is 0.437. The van der Waals surface area contributed by atoms with Crippen LogP contribution in [0.5, 0.6) is 17.2 Å². The number of benzene rings is 2. The summed E-state index contributed by atoms with van der Waals surface area (Å²) in [6, 6.07) is 9.04. The van der Waals surface area contributed by atoms with E-state index in [0.29, 0.717) is 28.5 Å². The molecule has 0 spiro atoms. The minimum absolute atomic E-state index is 0.0449. The number of anilines is 1. The van der Waals surface area contributed by atoms with Gasteiger partial charge in [0.1, 0.15) is 11.3 Å². The van der Waals surface area contributed by atoms with Crippen LogP contribution in [0.25, 0.3) is 6.08 Å². The van der Waals surface area contributed by atoms with E-state index in [4.69, 9.17) is 26.4 Å². The number of rotatable bonds is 3. The van der Waals surface area contributed by atoms with E-state index >= 15 is 0 Å². The molecule has 2 aliphatic rings. The van der Waals surface area contributed by atoms with Crippen LogP contribution in [0.2, 0.25) is 0 Å². The summed E-state index contributed by atoms with van der Waals surface area (Å²) in [4.78, 5) is 27.2. The van der Waals surface area contributed by atoms with Gasteiger partial charge in [-0.05, 0) is 55.4 Å². The molecular weight excluding hydrogens is 392 g/mol. The second-order valence-electron chi connectivity index (χ2n) is 6.70. The zero-order valence-corrected chi connectivity index (χ0v) is 16.9. The van der Waals surface area contributed by atoms with Crippen molar-refractivity contribution in [2.45, 2.75) is 13.8 Å². The third-order valence-electron chi connectivity index (χ3n) is 4.73. The van der Waals surface area contributed by atoms with Crippen LogP contribution < -0.4 is 24.4 Å². The maximum absolute atomic E-state index is 13.3. The van der Waals surface area contributed by atoms with Crippen LogP contribution in [0.4, 0.5) is 5.69 Å². The largest absolute Gasteiger partial charge is 0.496 e. The number of fused-ring (bicyclic) bond motifs is 1. The molecule has 29 heavy (non-hydrogen) atoms. The molecule has 2 aliphatic heterocycles. The predicted octanol–water partition coefficient (Wildman–Crippen LogP) is 2.87. The van der Waals surface area contributed by atoms with Crippen LogP contribution in [-0.2, 0) is 9.59 Å². The molecule has 0 saturated carbocycles. The van der Waals surface area contributed by atoms with E-state index < -0.39 is 11.8 Å². The van der Waals surface area contributed by atoms with Crippen molar-refractivity contribution in [3.05, 3.63) is 52.6 Å². The fourth-order valence-corrected chi connectivity index (χ4v) is 3.49. The maximum Gasteiger partial charge on any atom is 0.270 e. The van der Waals surface area contributed by atoms with Gasteiger partial charge in [-0.15, -0.1) is 0 Å². The molecular formula is C21H18N2O5S. The van der Waals surface area contributed by atoms with Gasteiger partial charge in [0.15, 0.2) is 16.6 Å². The minimum Gasteiger partial charge on any atom is -0.496 e. The summed E-state index contributed by atoms with van der Waals surface area (Å²) >= 11 is 5.28. The van der Waals surface area contributed by atoms with Gasteiger partial charge in [0.25, 0.3) is 11.8 Å². The van der Waals surface area contributed by atoms with Crippen LogP contribution in [0, 0.1) is 13.8 Å². The first-order valence-electron chi connectivity index (χ1n) is 8.85. The van der Waals surface area contributed by atoms with Crippen molar-refractivity contribution in [2.24, 2.45) is 0 Å². The Morgan fingerprint density at radius 1 is 1.14 bits per heavy atom. The van der Waals surface area contributed by atoms with Gasteiger partial charge in [0.2, 0.25) is 6.79 Å². The SMILES string of the molecule is COc1cc2c(cc1C=C1C(=O)NC(=S)N(c3cc(C)ccc3C)C1=O)OCO2. The topological polar surface area (TPSA) is 77.1 Å². The maximum atomic E-state index is 13.3. The quantitative estimate of drug-likeness (QED) is 0.476. The Morgan fingerprint density at radius 2 is 1.86 bits per heavy atom. The first-order chi connectivity index (χ1) is 13.9. The zero-order chi connectivity index (χ0) is 20.7. The standard InChI is InChI=1S/C21H18N2O5S/c1-11-4-5-12(2)15(6-11)23-20(25)14(19(24)22-21(23)29)7-13-8-17-18(28-10-27-17)9-16(13)26-3/h4-9H,10H2,1-3H3,(H,22,24,29). The average molecular weight is 410 g/mol. The lowest BCUT2D eigenvalue weighted by molar-refractivity contribution is -0.122. The molecule has 0 radical (unpaired) electrons. The van der Waals surface area contributed by atoms with Crippen LogP contribution in [0.1, 0.15) is 16.7 Å². The Balaban J connectivity index is 1.80. The van der Waals surface area contributed by atoms with Gasteiger partial charge in [-0.25, -0.2) is 0 Å². The third-order valence-corrected chi connectivity index (χ3v) is 5.02. The Hall–Kier alpha value is -3.39. The van der Waals surface area contributed by atoms with Gasteiger partial charge >= 0.3 is 0 Å². The Bertz CT molecular complexity index is 1090. The number of hydrogen-bond acceptors (Lipinski definition) is 6. The Morgan fingerprint density at radius 3 is 2.59 bits per heavy atom. The van der Waals surface area contributed by atoms with Crippen molar-refractivity contribution in [3.8, 4) is 17.2 Å². The highest BCUT2D eigenvalue weighted by Gasteiger charge is 2.35. The molecule has 148 valence electrons. The number of nitrogens with one attached hydrogen (secondary N) is 1. The van der Waals surface area contributed by atoms with Crippen molar-refractivity contribution in [2.75, 3.05) is 18.8 Å². The average Bonchev–Trinajstić information content (AvgIpc) is 3.14. The number of methoxy groups -OCH3 is 1. The lowest BCUT2D eigenvalue weighted by atomic mass is 10.0. The Labute approximate surface area is 172 Å². The highest BCUT2D eigenvalue weighted by Crippen LogP contribution is 2.39. The Kier molecular flexibility index (Phi) is 4.71. The second-order valence-corrected chi connectivity index (χ2v) is 7.08. The van der Waals surface area contributed by atoms with Crippen molar-refractivity contribution in [1.29, 1.82) is 0 Å². The van der Waals surface area contributed by atoms with E-state index in [0.717, 1.165) is 11.1 Å². The van der Waals surface area contributed by atoms with E-state index in [1.807, 2.05) is 32.0 Å². The molecule has 8 heteroatoms. The van der Waals surface area contributed by atoms with Crippen molar-refractivity contribution >= 4 is 40.9 Å². The number of ether oxygens (including phenoxy) is 3. The first-order valence-corrected chi connectivity index (χ1v) is 9.26. The van der Waals surface area contributed by atoms with E-state index in [-0.39, 0.29) is 17.5 Å². The third kappa shape index (κ3) is 3.31. The molecule has 4 rings (SSSR count). The van der Waals surface area contributed by atoms with E-state index in [2.05, 4.69) is 5.32 Å². The normalized spacial score (nSPS) is 17.0. The number of aryl methyl sites for hydroxylation is 2. The number of carbonyl (C=O) groups excluding carboxylic acids is 2. The highest BCUT2D eigenvalue weighted by atomic mass is 32.1. The van der Waals surface area contributed by atoms with E-state index in [1.54, 1.807) is 12.1 Å². The van der Waals surface area contributed by atoms with E-state index in [1.165, 1.54) is 18.1 Å². The van der Waals surface area contributed by atoms with E-state index in [9.17, 15) is 9.59 Å². The predicted molar refractivity (Wildman–Crippen MR) is 111 cm³/mol. The summed E-state index contributed by atoms with van der Waals surface area (Å²) < 4.78 is 16.1. The van der Waals surface area contributed by atoms with Gasteiger partial charge < -0.3 is 14.2 Å².